The van der Waals surface area contributed by atoms with E-state index in [9.17, 15) is 0 Å². The summed E-state index contributed by atoms with van der Waals surface area (Å²) in [4.78, 5) is 2.76. The SMILES string of the molecule is CCC1CNC2(CCCCC2)CN1Cc1cscc1C. The van der Waals surface area contributed by atoms with E-state index in [1.165, 1.54) is 57.2 Å². The normalized spacial score (nSPS) is 27.0. The van der Waals surface area contributed by atoms with Crippen LogP contribution < -0.4 is 5.32 Å². The summed E-state index contributed by atoms with van der Waals surface area (Å²) in [6.45, 7) is 8.17. The topological polar surface area (TPSA) is 15.3 Å². The zero-order valence-corrected chi connectivity index (χ0v) is 13.8. The van der Waals surface area contributed by atoms with Crippen LogP contribution >= 0.6 is 11.3 Å². The first-order valence-electron chi connectivity index (χ1n) is 8.23. The lowest BCUT2D eigenvalue weighted by atomic mass is 9.79. The fourth-order valence-corrected chi connectivity index (χ4v) is 4.80. The van der Waals surface area contributed by atoms with Crippen LogP contribution in [0.3, 0.4) is 0 Å². The highest BCUT2D eigenvalue weighted by Gasteiger charge is 2.39. The number of thiophene rings is 1. The second-order valence-corrected chi connectivity index (χ2v) is 7.51. The van der Waals surface area contributed by atoms with E-state index >= 15 is 0 Å². The Balaban J connectivity index is 1.73. The molecule has 2 heterocycles. The first-order chi connectivity index (χ1) is 9.72. The quantitative estimate of drug-likeness (QED) is 0.907. The van der Waals surface area contributed by atoms with E-state index in [0.717, 1.165) is 6.54 Å². The van der Waals surface area contributed by atoms with Crippen molar-refractivity contribution in [2.45, 2.75) is 70.5 Å². The minimum Gasteiger partial charge on any atom is -0.308 e. The lowest BCUT2D eigenvalue weighted by Gasteiger charge is -2.49. The summed E-state index contributed by atoms with van der Waals surface area (Å²) >= 11 is 1.85. The number of hydrogen-bond donors (Lipinski definition) is 1. The van der Waals surface area contributed by atoms with E-state index in [2.05, 4.69) is 34.8 Å². The van der Waals surface area contributed by atoms with Crippen molar-refractivity contribution >= 4 is 11.3 Å². The molecule has 1 saturated heterocycles. The van der Waals surface area contributed by atoms with E-state index in [1.54, 1.807) is 5.56 Å². The van der Waals surface area contributed by atoms with Gasteiger partial charge >= 0.3 is 0 Å². The second-order valence-electron chi connectivity index (χ2n) is 6.77. The molecule has 2 nitrogen and oxygen atoms in total. The Kier molecular flexibility index (Phi) is 4.49. The molecule has 1 spiro atoms. The maximum atomic E-state index is 3.92. The van der Waals surface area contributed by atoms with Gasteiger partial charge in [0.2, 0.25) is 0 Å². The summed E-state index contributed by atoms with van der Waals surface area (Å²) in [5.74, 6) is 0. The van der Waals surface area contributed by atoms with Gasteiger partial charge in [-0.15, -0.1) is 0 Å². The van der Waals surface area contributed by atoms with Gasteiger partial charge in [0.05, 0.1) is 0 Å². The Morgan fingerprint density at radius 2 is 2.10 bits per heavy atom. The lowest BCUT2D eigenvalue weighted by molar-refractivity contribution is 0.0484. The maximum Gasteiger partial charge on any atom is 0.0309 e. The molecule has 1 aromatic heterocycles. The number of piperazine rings is 1. The van der Waals surface area contributed by atoms with Crippen LogP contribution in [-0.4, -0.2) is 29.6 Å². The number of aryl methyl sites for hydroxylation is 1. The van der Waals surface area contributed by atoms with Gasteiger partial charge in [0, 0.05) is 31.2 Å². The number of hydrogen-bond acceptors (Lipinski definition) is 3. The average molecular weight is 292 g/mol. The Hall–Kier alpha value is -0.380. The summed E-state index contributed by atoms with van der Waals surface area (Å²) < 4.78 is 0. The third kappa shape index (κ3) is 2.95. The van der Waals surface area contributed by atoms with Crippen molar-refractivity contribution in [1.29, 1.82) is 0 Å². The van der Waals surface area contributed by atoms with Crippen LogP contribution in [0.2, 0.25) is 0 Å². The van der Waals surface area contributed by atoms with E-state index in [0.29, 0.717) is 11.6 Å². The van der Waals surface area contributed by atoms with Crippen molar-refractivity contribution in [3.05, 3.63) is 21.9 Å². The zero-order valence-electron chi connectivity index (χ0n) is 13.0. The van der Waals surface area contributed by atoms with Gasteiger partial charge in [0.1, 0.15) is 0 Å². The molecule has 0 amide bonds. The van der Waals surface area contributed by atoms with Gasteiger partial charge in [-0.25, -0.2) is 0 Å². The number of nitrogens with one attached hydrogen (secondary N) is 1. The van der Waals surface area contributed by atoms with Crippen molar-refractivity contribution in [2.24, 2.45) is 0 Å². The highest BCUT2D eigenvalue weighted by Crippen LogP contribution is 2.33. The van der Waals surface area contributed by atoms with Gasteiger partial charge in [-0.05, 0) is 48.1 Å². The molecule has 1 N–H and O–H groups in total. The fraction of sp³-hybridized carbons (Fsp3) is 0.765. The molecule has 2 fully saturated rings. The van der Waals surface area contributed by atoms with Crippen molar-refractivity contribution in [2.75, 3.05) is 13.1 Å². The summed E-state index contributed by atoms with van der Waals surface area (Å²) in [5, 5.41) is 8.55. The summed E-state index contributed by atoms with van der Waals surface area (Å²) in [6.07, 6.45) is 8.27. The van der Waals surface area contributed by atoms with Crippen LogP contribution in [0.15, 0.2) is 10.8 Å². The van der Waals surface area contributed by atoms with Crippen LogP contribution in [-0.2, 0) is 6.54 Å². The van der Waals surface area contributed by atoms with Crippen molar-refractivity contribution < 1.29 is 0 Å². The highest BCUT2D eigenvalue weighted by molar-refractivity contribution is 7.08. The van der Waals surface area contributed by atoms with E-state index in [-0.39, 0.29) is 0 Å². The summed E-state index contributed by atoms with van der Waals surface area (Å²) in [6, 6.07) is 0.710. The molecule has 1 saturated carbocycles. The monoisotopic (exact) mass is 292 g/mol. The van der Waals surface area contributed by atoms with Gasteiger partial charge in [-0.1, -0.05) is 26.2 Å². The molecule has 3 rings (SSSR count). The molecule has 0 radical (unpaired) electrons. The predicted molar refractivity (Wildman–Crippen MR) is 87.4 cm³/mol. The highest BCUT2D eigenvalue weighted by atomic mass is 32.1. The first kappa shape index (κ1) is 14.6. The van der Waals surface area contributed by atoms with Crippen molar-refractivity contribution in [3.63, 3.8) is 0 Å². The lowest BCUT2D eigenvalue weighted by Crippen LogP contribution is -2.64. The molecule has 2 aliphatic rings. The molecule has 0 aromatic carbocycles. The molecular weight excluding hydrogens is 264 g/mol. The number of nitrogens with zero attached hydrogens (tertiary/aromatic N) is 1. The largest absolute Gasteiger partial charge is 0.308 e. The third-order valence-electron chi connectivity index (χ3n) is 5.35. The van der Waals surface area contributed by atoms with Crippen LogP contribution in [0.5, 0.6) is 0 Å². The van der Waals surface area contributed by atoms with Gasteiger partial charge in [-0.2, -0.15) is 11.3 Å². The van der Waals surface area contributed by atoms with Gasteiger partial charge < -0.3 is 5.32 Å². The Labute approximate surface area is 127 Å². The molecule has 1 unspecified atom stereocenters. The Morgan fingerprint density at radius 3 is 2.75 bits per heavy atom. The molecule has 1 atom stereocenters. The minimum atomic E-state index is 0.424. The van der Waals surface area contributed by atoms with Crippen molar-refractivity contribution in [3.8, 4) is 0 Å². The molecule has 0 bridgehead atoms. The fourth-order valence-electron chi connectivity index (χ4n) is 3.96. The number of rotatable bonds is 3. The van der Waals surface area contributed by atoms with Crippen LogP contribution in [0.1, 0.15) is 56.6 Å². The third-order valence-corrected chi connectivity index (χ3v) is 6.26. The predicted octanol–water partition coefficient (Wildman–Crippen LogP) is 3.94. The maximum absolute atomic E-state index is 3.92. The Bertz CT molecular complexity index is 434. The summed E-state index contributed by atoms with van der Waals surface area (Å²) in [7, 11) is 0. The van der Waals surface area contributed by atoms with Crippen molar-refractivity contribution in [1.82, 2.24) is 10.2 Å². The molecule has 3 heteroatoms. The Morgan fingerprint density at radius 1 is 1.30 bits per heavy atom. The standard InChI is InChI=1S/C17H28N2S/c1-3-16-9-18-17(7-5-4-6-8-17)13-19(16)10-15-12-20-11-14(15)2/h11-12,16,18H,3-10,13H2,1-2H3. The first-order valence-corrected chi connectivity index (χ1v) is 9.17. The molecule has 20 heavy (non-hydrogen) atoms. The molecule has 112 valence electrons. The molecule has 1 aromatic rings. The minimum absolute atomic E-state index is 0.424. The average Bonchev–Trinajstić information content (AvgIpc) is 2.86. The summed E-state index contributed by atoms with van der Waals surface area (Å²) in [5.41, 5.74) is 3.44. The molecular formula is C17H28N2S. The van der Waals surface area contributed by atoms with E-state index < -0.39 is 0 Å². The molecule has 1 aliphatic carbocycles. The van der Waals surface area contributed by atoms with Crippen LogP contribution in [0.25, 0.3) is 0 Å². The van der Waals surface area contributed by atoms with Gasteiger partial charge in [0.15, 0.2) is 0 Å². The van der Waals surface area contributed by atoms with Gasteiger partial charge in [-0.3, -0.25) is 4.90 Å². The van der Waals surface area contributed by atoms with E-state index in [4.69, 9.17) is 0 Å². The van der Waals surface area contributed by atoms with Crippen LogP contribution in [0.4, 0.5) is 0 Å². The van der Waals surface area contributed by atoms with E-state index in [1.807, 2.05) is 11.3 Å². The smallest absolute Gasteiger partial charge is 0.0309 e. The zero-order chi connectivity index (χ0) is 14.0. The van der Waals surface area contributed by atoms with Crippen LogP contribution in [0, 0.1) is 6.92 Å². The molecule has 1 aliphatic heterocycles. The second kappa shape index (κ2) is 6.17. The van der Waals surface area contributed by atoms with Gasteiger partial charge in [0.25, 0.3) is 0 Å².